The number of nitrogens with zero attached hydrogens (tertiary/aromatic N) is 3. The van der Waals surface area contributed by atoms with Crippen LogP contribution in [0.4, 0.5) is 0 Å². The van der Waals surface area contributed by atoms with Crippen molar-refractivity contribution >= 4 is 21.9 Å². The smallest absolute Gasteiger partial charge is 0.326 e. The van der Waals surface area contributed by atoms with Crippen LogP contribution in [-0.2, 0) is 21.9 Å². The summed E-state index contributed by atoms with van der Waals surface area (Å²) in [6, 6.07) is 0.312. The second-order valence-electron chi connectivity index (χ2n) is 6.07. The van der Waals surface area contributed by atoms with Gasteiger partial charge in [-0.15, -0.1) is 0 Å². The zero-order valence-corrected chi connectivity index (χ0v) is 14.9. The van der Waals surface area contributed by atoms with E-state index in [-0.39, 0.29) is 10.6 Å². The molecule has 2 rings (SSSR count). The number of rotatable bonds is 5. The second kappa shape index (κ2) is 6.94. The van der Waals surface area contributed by atoms with E-state index in [4.69, 9.17) is 5.11 Å². The maximum atomic E-state index is 12.7. The van der Waals surface area contributed by atoms with Gasteiger partial charge in [-0.3, -0.25) is 4.79 Å². The third-order valence-corrected chi connectivity index (χ3v) is 6.27. The number of aryl methyl sites for hydroxylation is 1. The maximum absolute atomic E-state index is 12.7. The molecule has 1 aliphatic rings. The number of aliphatic carboxylic acids is 1. The van der Waals surface area contributed by atoms with E-state index in [0.717, 1.165) is 24.2 Å². The standard InChI is InChI=1S/C15H23N3O5S/c1-11(15(20)21)17(3)14(19)13-9-12(10-16(13)2)24(22,23)18-7-5-4-6-8-18/h9-11H,4-8H2,1-3H3,(H,20,21). The lowest BCUT2D eigenvalue weighted by atomic mass is 10.2. The van der Waals surface area contributed by atoms with Crippen molar-refractivity contribution in [2.45, 2.75) is 37.1 Å². The monoisotopic (exact) mass is 357 g/mol. The zero-order valence-electron chi connectivity index (χ0n) is 14.1. The number of aromatic nitrogens is 1. The number of carboxylic acid groups (broad SMARTS) is 1. The molecule has 1 aromatic heterocycles. The average Bonchev–Trinajstić information content (AvgIpc) is 2.96. The van der Waals surface area contributed by atoms with Gasteiger partial charge in [0.15, 0.2) is 0 Å². The fraction of sp³-hybridized carbons (Fsp3) is 0.600. The van der Waals surface area contributed by atoms with Gasteiger partial charge in [-0.2, -0.15) is 4.31 Å². The molecule has 1 unspecified atom stereocenters. The molecule has 0 radical (unpaired) electrons. The predicted molar refractivity (Wildman–Crippen MR) is 87.2 cm³/mol. The van der Waals surface area contributed by atoms with Crippen molar-refractivity contribution in [2.75, 3.05) is 20.1 Å². The first-order valence-corrected chi connectivity index (χ1v) is 9.26. The molecule has 1 aliphatic heterocycles. The number of sulfonamides is 1. The molecule has 0 bridgehead atoms. The van der Waals surface area contributed by atoms with Crippen LogP contribution in [0.15, 0.2) is 17.2 Å². The molecule has 1 fully saturated rings. The van der Waals surface area contributed by atoms with Crippen molar-refractivity contribution in [3.63, 3.8) is 0 Å². The summed E-state index contributed by atoms with van der Waals surface area (Å²) < 4.78 is 28.2. The third kappa shape index (κ3) is 3.46. The van der Waals surface area contributed by atoms with Crippen LogP contribution >= 0.6 is 0 Å². The van der Waals surface area contributed by atoms with Crippen molar-refractivity contribution in [1.82, 2.24) is 13.8 Å². The summed E-state index contributed by atoms with van der Waals surface area (Å²) >= 11 is 0. The molecule has 0 spiro atoms. The minimum absolute atomic E-state index is 0.0617. The first kappa shape index (κ1) is 18.5. The number of carbonyl (C=O) groups is 2. The zero-order chi connectivity index (χ0) is 18.1. The van der Waals surface area contributed by atoms with E-state index in [2.05, 4.69) is 0 Å². The highest BCUT2D eigenvalue weighted by molar-refractivity contribution is 7.89. The Morgan fingerprint density at radius 2 is 1.83 bits per heavy atom. The number of piperidine rings is 1. The summed E-state index contributed by atoms with van der Waals surface area (Å²) in [6.07, 6.45) is 4.08. The quantitative estimate of drug-likeness (QED) is 0.838. The molecule has 2 heterocycles. The van der Waals surface area contributed by atoms with Crippen molar-refractivity contribution in [3.05, 3.63) is 18.0 Å². The summed E-state index contributed by atoms with van der Waals surface area (Å²) in [5.41, 5.74) is 0.140. The molecule has 9 heteroatoms. The normalized spacial score (nSPS) is 17.5. The van der Waals surface area contributed by atoms with Crippen LogP contribution in [0.25, 0.3) is 0 Å². The van der Waals surface area contributed by atoms with Crippen LogP contribution < -0.4 is 0 Å². The molecule has 0 saturated carbocycles. The first-order valence-electron chi connectivity index (χ1n) is 7.82. The Balaban J connectivity index is 2.29. The van der Waals surface area contributed by atoms with Gasteiger partial charge in [-0.1, -0.05) is 6.42 Å². The highest BCUT2D eigenvalue weighted by atomic mass is 32.2. The molecule has 1 atom stereocenters. The van der Waals surface area contributed by atoms with E-state index in [0.29, 0.717) is 13.1 Å². The Kier molecular flexibility index (Phi) is 5.34. The summed E-state index contributed by atoms with van der Waals surface area (Å²) in [7, 11) is -0.681. The molecule has 1 amide bonds. The van der Waals surface area contributed by atoms with Gasteiger partial charge < -0.3 is 14.6 Å². The van der Waals surface area contributed by atoms with Crippen LogP contribution in [0, 0.1) is 0 Å². The van der Waals surface area contributed by atoms with Crippen molar-refractivity contribution in [3.8, 4) is 0 Å². The molecular formula is C15H23N3O5S. The van der Waals surface area contributed by atoms with Gasteiger partial charge in [-0.25, -0.2) is 13.2 Å². The third-order valence-electron chi connectivity index (χ3n) is 4.41. The molecule has 0 aliphatic carbocycles. The lowest BCUT2D eigenvalue weighted by molar-refractivity contribution is -0.141. The highest BCUT2D eigenvalue weighted by Crippen LogP contribution is 2.23. The first-order chi connectivity index (χ1) is 11.2. The minimum Gasteiger partial charge on any atom is -0.480 e. The van der Waals surface area contributed by atoms with E-state index >= 15 is 0 Å². The van der Waals surface area contributed by atoms with Crippen LogP contribution in [0.1, 0.15) is 36.7 Å². The van der Waals surface area contributed by atoms with E-state index in [9.17, 15) is 18.0 Å². The van der Waals surface area contributed by atoms with E-state index in [1.54, 1.807) is 7.05 Å². The molecule has 1 N–H and O–H groups in total. The molecule has 1 saturated heterocycles. The molecule has 8 nitrogen and oxygen atoms in total. The topological polar surface area (TPSA) is 99.9 Å². The SMILES string of the molecule is CC(C(=O)O)N(C)C(=O)c1cc(S(=O)(=O)N2CCCCC2)cn1C. The number of likely N-dealkylation sites (N-methyl/N-ethyl adjacent to an activating group) is 1. The molecule has 0 aromatic carbocycles. The van der Waals surface area contributed by atoms with Crippen LogP contribution in [0.5, 0.6) is 0 Å². The lowest BCUT2D eigenvalue weighted by Crippen LogP contribution is -2.40. The predicted octanol–water partition coefficient (Wildman–Crippen LogP) is 0.745. The summed E-state index contributed by atoms with van der Waals surface area (Å²) in [6.45, 7) is 2.36. The molecule has 1 aromatic rings. The van der Waals surface area contributed by atoms with Crippen LogP contribution in [0.2, 0.25) is 0 Å². The maximum Gasteiger partial charge on any atom is 0.326 e. The van der Waals surface area contributed by atoms with Crippen LogP contribution in [0.3, 0.4) is 0 Å². The van der Waals surface area contributed by atoms with E-state index in [1.807, 2.05) is 0 Å². The molecular weight excluding hydrogens is 334 g/mol. The van der Waals surface area contributed by atoms with Crippen molar-refractivity contribution < 1.29 is 23.1 Å². The summed E-state index contributed by atoms with van der Waals surface area (Å²) in [5.74, 6) is -1.66. The van der Waals surface area contributed by atoms with Gasteiger partial charge in [0.05, 0.1) is 0 Å². The van der Waals surface area contributed by atoms with Crippen molar-refractivity contribution in [1.29, 1.82) is 0 Å². The summed E-state index contributed by atoms with van der Waals surface area (Å²) in [5, 5.41) is 9.02. The Labute approximate surface area is 141 Å². The van der Waals surface area contributed by atoms with E-state index < -0.39 is 27.9 Å². The number of amides is 1. The summed E-state index contributed by atoms with van der Waals surface area (Å²) in [4.78, 5) is 24.6. The van der Waals surface area contributed by atoms with Gasteiger partial charge in [0.1, 0.15) is 16.6 Å². The van der Waals surface area contributed by atoms with E-state index in [1.165, 1.54) is 35.1 Å². The molecule has 24 heavy (non-hydrogen) atoms. The number of hydrogen-bond donors (Lipinski definition) is 1. The Hall–Kier alpha value is -1.87. The largest absolute Gasteiger partial charge is 0.480 e. The average molecular weight is 357 g/mol. The van der Waals surface area contributed by atoms with Gasteiger partial charge in [0.25, 0.3) is 5.91 Å². The second-order valence-corrected chi connectivity index (χ2v) is 8.00. The highest BCUT2D eigenvalue weighted by Gasteiger charge is 2.30. The Bertz CT molecular complexity index is 734. The Morgan fingerprint density at radius 3 is 2.38 bits per heavy atom. The lowest BCUT2D eigenvalue weighted by Gasteiger charge is -2.25. The van der Waals surface area contributed by atoms with Gasteiger partial charge >= 0.3 is 5.97 Å². The van der Waals surface area contributed by atoms with Crippen molar-refractivity contribution in [2.24, 2.45) is 7.05 Å². The fourth-order valence-corrected chi connectivity index (χ4v) is 4.25. The minimum atomic E-state index is -3.63. The van der Waals surface area contributed by atoms with Crippen LogP contribution in [-0.4, -0.2) is 65.4 Å². The number of carbonyl (C=O) groups excluding carboxylic acids is 1. The number of carboxylic acids is 1. The fourth-order valence-electron chi connectivity index (χ4n) is 2.66. The van der Waals surface area contributed by atoms with Gasteiger partial charge in [0, 0.05) is 33.4 Å². The van der Waals surface area contributed by atoms with Gasteiger partial charge in [-0.05, 0) is 25.8 Å². The molecule has 134 valence electrons. The van der Waals surface area contributed by atoms with Gasteiger partial charge in [0.2, 0.25) is 10.0 Å². The number of hydrogen-bond acceptors (Lipinski definition) is 4. The Morgan fingerprint density at radius 1 is 1.25 bits per heavy atom.